The summed E-state index contributed by atoms with van der Waals surface area (Å²) < 4.78 is 0. The maximum atomic E-state index is 12.5. The van der Waals surface area contributed by atoms with Crippen molar-refractivity contribution in [3.63, 3.8) is 0 Å². The summed E-state index contributed by atoms with van der Waals surface area (Å²) in [7, 11) is 0. The first-order valence-corrected chi connectivity index (χ1v) is 7.30. The first-order chi connectivity index (χ1) is 9.75. The highest BCUT2D eigenvalue weighted by atomic mass is 16.2. The van der Waals surface area contributed by atoms with Crippen LogP contribution in [0, 0.1) is 5.92 Å². The Hall–Kier alpha value is -1.69. The number of hydrogen-bond acceptors (Lipinski definition) is 5. The van der Waals surface area contributed by atoms with Gasteiger partial charge < -0.3 is 15.1 Å². The molecule has 1 aromatic heterocycles. The van der Waals surface area contributed by atoms with Crippen molar-refractivity contribution < 1.29 is 4.79 Å². The molecule has 0 spiro atoms. The van der Waals surface area contributed by atoms with Gasteiger partial charge in [0.2, 0.25) is 11.9 Å². The molecule has 2 atom stereocenters. The van der Waals surface area contributed by atoms with Crippen LogP contribution < -0.4 is 10.2 Å². The molecular formula is C14H21N5O. The van der Waals surface area contributed by atoms with Gasteiger partial charge in [0.1, 0.15) is 0 Å². The maximum Gasteiger partial charge on any atom is 0.227 e. The van der Waals surface area contributed by atoms with Crippen LogP contribution in [0.4, 0.5) is 5.95 Å². The Morgan fingerprint density at radius 1 is 1.25 bits per heavy atom. The lowest BCUT2D eigenvalue weighted by atomic mass is 10.00. The molecule has 3 heterocycles. The Bertz CT molecular complexity index is 458. The second kappa shape index (κ2) is 5.75. The lowest BCUT2D eigenvalue weighted by molar-refractivity contribution is -0.136. The van der Waals surface area contributed by atoms with Crippen LogP contribution in [0.25, 0.3) is 0 Å². The Morgan fingerprint density at radius 3 is 2.55 bits per heavy atom. The minimum atomic E-state index is 0.148. The van der Waals surface area contributed by atoms with Crippen molar-refractivity contribution in [3.05, 3.63) is 18.5 Å². The predicted octanol–water partition coefficient (Wildman–Crippen LogP) is 0.123. The van der Waals surface area contributed by atoms with Gasteiger partial charge in [-0.1, -0.05) is 0 Å². The maximum absolute atomic E-state index is 12.5. The number of anilines is 1. The largest absolute Gasteiger partial charge is 0.339 e. The quantitative estimate of drug-likeness (QED) is 0.831. The number of aromatic nitrogens is 2. The fraction of sp³-hybridized carbons (Fsp3) is 0.643. The van der Waals surface area contributed by atoms with Crippen molar-refractivity contribution in [2.24, 2.45) is 5.92 Å². The third-order valence-electron chi connectivity index (χ3n) is 4.27. The van der Waals surface area contributed by atoms with E-state index in [4.69, 9.17) is 0 Å². The van der Waals surface area contributed by atoms with Crippen LogP contribution in [0.2, 0.25) is 0 Å². The highest BCUT2D eigenvalue weighted by Gasteiger charge is 2.34. The van der Waals surface area contributed by atoms with E-state index in [9.17, 15) is 4.79 Å². The predicted molar refractivity (Wildman–Crippen MR) is 76.4 cm³/mol. The number of hydrogen-bond donors (Lipinski definition) is 1. The van der Waals surface area contributed by atoms with E-state index in [0.29, 0.717) is 11.9 Å². The van der Waals surface area contributed by atoms with E-state index >= 15 is 0 Å². The molecule has 0 radical (unpaired) electrons. The number of carbonyl (C=O) groups excluding carboxylic acids is 1. The van der Waals surface area contributed by atoms with Gasteiger partial charge in [-0.05, 0) is 26.0 Å². The highest BCUT2D eigenvalue weighted by molar-refractivity contribution is 5.80. The van der Waals surface area contributed by atoms with Crippen LogP contribution in [0.15, 0.2) is 18.5 Å². The Morgan fingerprint density at radius 2 is 1.95 bits per heavy atom. The monoisotopic (exact) mass is 275 g/mol. The average Bonchev–Trinajstić information content (AvgIpc) is 2.94. The SMILES string of the molecule is CC1NCCC1C(=O)N1CCN(c2ncccn2)CC1. The fourth-order valence-corrected chi connectivity index (χ4v) is 3.01. The zero-order valence-electron chi connectivity index (χ0n) is 11.8. The molecular weight excluding hydrogens is 254 g/mol. The summed E-state index contributed by atoms with van der Waals surface area (Å²) in [4.78, 5) is 25.1. The molecule has 108 valence electrons. The summed E-state index contributed by atoms with van der Waals surface area (Å²) >= 11 is 0. The summed E-state index contributed by atoms with van der Waals surface area (Å²) in [5.74, 6) is 1.21. The second-order valence-electron chi connectivity index (χ2n) is 5.50. The van der Waals surface area contributed by atoms with Gasteiger partial charge in [-0.15, -0.1) is 0 Å². The van der Waals surface area contributed by atoms with E-state index in [1.165, 1.54) is 0 Å². The third-order valence-corrected chi connectivity index (χ3v) is 4.27. The van der Waals surface area contributed by atoms with Crippen molar-refractivity contribution in [3.8, 4) is 0 Å². The van der Waals surface area contributed by atoms with Crippen LogP contribution in [0.1, 0.15) is 13.3 Å². The number of amides is 1. The summed E-state index contributed by atoms with van der Waals surface area (Å²) in [5, 5.41) is 3.35. The van der Waals surface area contributed by atoms with Crippen LogP contribution in [0.5, 0.6) is 0 Å². The lowest BCUT2D eigenvalue weighted by Gasteiger charge is -2.36. The number of nitrogens with zero attached hydrogens (tertiary/aromatic N) is 4. The molecule has 0 aromatic carbocycles. The van der Waals surface area contributed by atoms with Gasteiger partial charge in [0.05, 0.1) is 5.92 Å². The van der Waals surface area contributed by atoms with Crippen LogP contribution in [-0.2, 0) is 4.79 Å². The molecule has 6 nitrogen and oxygen atoms in total. The summed E-state index contributed by atoms with van der Waals surface area (Å²) in [6.07, 6.45) is 4.47. The molecule has 0 bridgehead atoms. The molecule has 2 aliphatic rings. The molecule has 1 amide bonds. The minimum absolute atomic E-state index is 0.148. The molecule has 0 saturated carbocycles. The normalized spacial score (nSPS) is 26.9. The van der Waals surface area contributed by atoms with Gasteiger partial charge in [-0.3, -0.25) is 4.79 Å². The minimum Gasteiger partial charge on any atom is -0.339 e. The van der Waals surface area contributed by atoms with Crippen LogP contribution in [0.3, 0.4) is 0 Å². The molecule has 0 aliphatic carbocycles. The molecule has 1 aromatic rings. The molecule has 2 fully saturated rings. The second-order valence-corrected chi connectivity index (χ2v) is 5.50. The number of carbonyl (C=O) groups is 1. The molecule has 20 heavy (non-hydrogen) atoms. The van der Waals surface area contributed by atoms with Crippen LogP contribution in [-0.4, -0.2) is 59.5 Å². The number of nitrogens with one attached hydrogen (secondary N) is 1. The van der Waals surface area contributed by atoms with Gasteiger partial charge in [-0.2, -0.15) is 0 Å². The van der Waals surface area contributed by atoms with Crippen molar-refractivity contribution in [1.82, 2.24) is 20.2 Å². The third kappa shape index (κ3) is 2.60. The van der Waals surface area contributed by atoms with E-state index in [1.54, 1.807) is 12.4 Å². The van der Waals surface area contributed by atoms with Gasteiger partial charge >= 0.3 is 0 Å². The van der Waals surface area contributed by atoms with Crippen molar-refractivity contribution in [2.45, 2.75) is 19.4 Å². The van der Waals surface area contributed by atoms with Crippen molar-refractivity contribution in [1.29, 1.82) is 0 Å². The standard InChI is InChI=1S/C14H21N5O/c1-11-12(3-6-15-11)13(20)18-7-9-19(10-8-18)14-16-4-2-5-17-14/h2,4-5,11-12,15H,3,6-10H2,1H3. The highest BCUT2D eigenvalue weighted by Crippen LogP contribution is 2.19. The van der Waals surface area contributed by atoms with Gasteiger partial charge in [0, 0.05) is 44.6 Å². The molecule has 3 rings (SSSR count). The van der Waals surface area contributed by atoms with E-state index in [2.05, 4.69) is 27.1 Å². The summed E-state index contributed by atoms with van der Waals surface area (Å²) in [6, 6.07) is 2.12. The summed E-state index contributed by atoms with van der Waals surface area (Å²) in [5.41, 5.74) is 0. The first-order valence-electron chi connectivity index (χ1n) is 7.30. The van der Waals surface area contributed by atoms with E-state index in [0.717, 1.165) is 45.1 Å². The Kier molecular flexibility index (Phi) is 3.82. The van der Waals surface area contributed by atoms with Crippen LogP contribution >= 0.6 is 0 Å². The topological polar surface area (TPSA) is 61.4 Å². The average molecular weight is 275 g/mol. The first kappa shape index (κ1) is 13.3. The zero-order valence-corrected chi connectivity index (χ0v) is 11.8. The summed E-state index contributed by atoms with van der Waals surface area (Å²) in [6.45, 7) is 6.20. The molecule has 2 unspecified atom stereocenters. The van der Waals surface area contributed by atoms with Crippen molar-refractivity contribution >= 4 is 11.9 Å². The van der Waals surface area contributed by atoms with E-state index in [1.807, 2.05) is 11.0 Å². The molecule has 2 saturated heterocycles. The van der Waals surface area contributed by atoms with E-state index in [-0.39, 0.29) is 5.92 Å². The molecule has 2 aliphatic heterocycles. The number of piperazine rings is 1. The number of rotatable bonds is 2. The zero-order chi connectivity index (χ0) is 13.9. The fourth-order valence-electron chi connectivity index (χ4n) is 3.01. The van der Waals surface area contributed by atoms with E-state index < -0.39 is 0 Å². The Balaban J connectivity index is 1.57. The van der Waals surface area contributed by atoms with Crippen molar-refractivity contribution in [2.75, 3.05) is 37.6 Å². The van der Waals surface area contributed by atoms with Gasteiger partial charge in [0.25, 0.3) is 0 Å². The smallest absolute Gasteiger partial charge is 0.227 e. The molecule has 1 N–H and O–H groups in total. The Labute approximate surface area is 119 Å². The van der Waals surface area contributed by atoms with Gasteiger partial charge in [0.15, 0.2) is 0 Å². The van der Waals surface area contributed by atoms with Gasteiger partial charge in [-0.25, -0.2) is 9.97 Å². The lowest BCUT2D eigenvalue weighted by Crippen LogP contribution is -2.51. The molecule has 6 heteroatoms.